The molecule has 4 rings (SSSR count). The number of hydrogen-bond donors (Lipinski definition) is 2. The van der Waals surface area contributed by atoms with Crippen molar-refractivity contribution < 1.29 is 4.74 Å². The molecule has 1 fully saturated rings. The lowest BCUT2D eigenvalue weighted by molar-refractivity contribution is 0.0284. The Hall–Kier alpha value is -2.87. The standard InChI is InChI=1S/C21H27N7O/c1-14(2)29-16-3-4-18(22)17(9-16)21(23)19-10-20(26-12-25-19)27-7-5-15(11-27)28-8-6-24-13-28/h3-4,6,8,10,12-17,22-23H,5,7,9,11H2,1-2H3. The predicted octanol–water partition coefficient (Wildman–Crippen LogP) is 2.88. The van der Waals surface area contributed by atoms with E-state index >= 15 is 0 Å². The lowest BCUT2D eigenvalue weighted by atomic mass is 9.85. The van der Waals surface area contributed by atoms with Crippen molar-refractivity contribution in [2.45, 2.75) is 44.9 Å². The number of rotatable bonds is 6. The summed E-state index contributed by atoms with van der Waals surface area (Å²) < 4.78 is 8.01. The van der Waals surface area contributed by atoms with Gasteiger partial charge in [0, 0.05) is 43.2 Å². The molecule has 1 saturated heterocycles. The number of allylic oxidation sites excluding steroid dienone is 1. The fraction of sp³-hybridized carbons (Fsp3) is 0.476. The first-order valence-electron chi connectivity index (χ1n) is 10.1. The molecule has 1 aliphatic carbocycles. The molecule has 0 amide bonds. The summed E-state index contributed by atoms with van der Waals surface area (Å²) in [4.78, 5) is 15.1. The molecular formula is C21H27N7O. The van der Waals surface area contributed by atoms with E-state index in [1.54, 1.807) is 12.3 Å². The van der Waals surface area contributed by atoms with Crippen molar-refractivity contribution in [1.82, 2.24) is 19.5 Å². The SMILES string of the molecule is CC(C)OC1C=CC(=N)C(C(=N)c2cc(N3CCC(n4ccnc4)C3)ncn2)C1. The summed E-state index contributed by atoms with van der Waals surface area (Å²) in [5.74, 6) is 0.513. The highest BCUT2D eigenvalue weighted by Gasteiger charge is 2.29. The minimum absolute atomic E-state index is 0.0784. The first-order chi connectivity index (χ1) is 14.0. The quantitative estimate of drug-likeness (QED) is 0.735. The number of nitrogens with zero attached hydrogens (tertiary/aromatic N) is 5. The third-order valence-corrected chi connectivity index (χ3v) is 5.49. The molecule has 29 heavy (non-hydrogen) atoms. The van der Waals surface area contributed by atoms with Gasteiger partial charge in [-0.3, -0.25) is 0 Å². The van der Waals surface area contributed by atoms with E-state index in [1.165, 1.54) is 6.33 Å². The van der Waals surface area contributed by atoms with E-state index in [2.05, 4.69) is 24.4 Å². The highest BCUT2D eigenvalue weighted by molar-refractivity contribution is 6.16. The van der Waals surface area contributed by atoms with Crippen LogP contribution in [0.5, 0.6) is 0 Å². The third-order valence-electron chi connectivity index (χ3n) is 5.49. The summed E-state index contributed by atoms with van der Waals surface area (Å²) in [7, 11) is 0. The second kappa shape index (κ2) is 8.24. The third kappa shape index (κ3) is 4.27. The Morgan fingerprint density at radius 3 is 2.93 bits per heavy atom. The largest absolute Gasteiger partial charge is 0.371 e. The molecule has 2 N–H and O–H groups in total. The van der Waals surface area contributed by atoms with Crippen LogP contribution >= 0.6 is 0 Å². The van der Waals surface area contributed by atoms with Crippen molar-refractivity contribution in [3.05, 3.63) is 49.0 Å². The van der Waals surface area contributed by atoms with Gasteiger partial charge in [0.05, 0.1) is 36.0 Å². The van der Waals surface area contributed by atoms with Crippen LogP contribution in [0.1, 0.15) is 38.4 Å². The maximum Gasteiger partial charge on any atom is 0.132 e. The van der Waals surface area contributed by atoms with Crippen molar-refractivity contribution in [2.24, 2.45) is 5.92 Å². The first kappa shape index (κ1) is 19.4. The van der Waals surface area contributed by atoms with E-state index < -0.39 is 0 Å². The van der Waals surface area contributed by atoms with E-state index in [0.29, 0.717) is 29.6 Å². The van der Waals surface area contributed by atoms with Crippen molar-refractivity contribution >= 4 is 17.2 Å². The normalized spacial score (nSPS) is 24.4. The monoisotopic (exact) mass is 393 g/mol. The fourth-order valence-electron chi connectivity index (χ4n) is 4.01. The second-order valence-corrected chi connectivity index (χ2v) is 7.90. The van der Waals surface area contributed by atoms with Crippen LogP contribution in [0.25, 0.3) is 0 Å². The Morgan fingerprint density at radius 1 is 1.31 bits per heavy atom. The Labute approximate surface area is 170 Å². The topological polar surface area (TPSA) is 104 Å². The molecule has 3 heterocycles. The number of ether oxygens (including phenoxy) is 1. The first-order valence-corrected chi connectivity index (χ1v) is 10.1. The van der Waals surface area contributed by atoms with Gasteiger partial charge < -0.3 is 25.0 Å². The van der Waals surface area contributed by atoms with Gasteiger partial charge >= 0.3 is 0 Å². The van der Waals surface area contributed by atoms with Crippen LogP contribution in [0.4, 0.5) is 5.82 Å². The van der Waals surface area contributed by atoms with Crippen molar-refractivity contribution in [2.75, 3.05) is 18.0 Å². The summed E-state index contributed by atoms with van der Waals surface area (Å²) >= 11 is 0. The molecule has 0 spiro atoms. The van der Waals surface area contributed by atoms with Gasteiger partial charge in [-0.15, -0.1) is 0 Å². The number of aromatic nitrogens is 4. The number of imidazole rings is 1. The molecule has 3 atom stereocenters. The molecule has 0 aromatic carbocycles. The van der Waals surface area contributed by atoms with E-state index in [0.717, 1.165) is 25.3 Å². The van der Waals surface area contributed by atoms with Gasteiger partial charge in [0.1, 0.15) is 12.1 Å². The van der Waals surface area contributed by atoms with Crippen LogP contribution in [0, 0.1) is 16.7 Å². The van der Waals surface area contributed by atoms with Gasteiger partial charge in [0.25, 0.3) is 0 Å². The lowest BCUT2D eigenvalue weighted by Gasteiger charge is -2.27. The minimum atomic E-state index is -0.316. The maximum absolute atomic E-state index is 8.70. The van der Waals surface area contributed by atoms with Crippen LogP contribution < -0.4 is 4.90 Å². The van der Waals surface area contributed by atoms with Crippen molar-refractivity contribution in [3.8, 4) is 0 Å². The Morgan fingerprint density at radius 2 is 2.17 bits per heavy atom. The molecule has 8 nitrogen and oxygen atoms in total. The summed E-state index contributed by atoms with van der Waals surface area (Å²) in [6, 6.07) is 2.25. The molecule has 152 valence electrons. The number of nitrogens with one attached hydrogen (secondary N) is 2. The number of hydrogen-bond acceptors (Lipinski definition) is 7. The summed E-state index contributed by atoms with van der Waals surface area (Å²) in [5.41, 5.74) is 1.36. The van der Waals surface area contributed by atoms with Gasteiger partial charge in [-0.25, -0.2) is 15.0 Å². The van der Waals surface area contributed by atoms with E-state index in [-0.39, 0.29) is 18.1 Å². The highest BCUT2D eigenvalue weighted by atomic mass is 16.5. The van der Waals surface area contributed by atoms with Gasteiger partial charge in [0.2, 0.25) is 0 Å². The zero-order valence-corrected chi connectivity index (χ0v) is 16.8. The van der Waals surface area contributed by atoms with Gasteiger partial charge in [-0.1, -0.05) is 6.08 Å². The van der Waals surface area contributed by atoms with Crippen LogP contribution in [-0.2, 0) is 4.74 Å². The highest BCUT2D eigenvalue weighted by Crippen LogP contribution is 2.27. The Balaban J connectivity index is 1.48. The van der Waals surface area contributed by atoms with E-state index in [4.69, 9.17) is 15.6 Å². The minimum Gasteiger partial charge on any atom is -0.371 e. The Bertz CT molecular complexity index is 906. The van der Waals surface area contributed by atoms with Crippen LogP contribution in [-0.4, -0.2) is 56.2 Å². The second-order valence-electron chi connectivity index (χ2n) is 7.90. The summed E-state index contributed by atoms with van der Waals surface area (Å²) in [6.07, 6.45) is 12.5. The van der Waals surface area contributed by atoms with Crippen LogP contribution in [0.2, 0.25) is 0 Å². The summed E-state index contributed by atoms with van der Waals surface area (Å²) in [5, 5.41) is 17.0. The van der Waals surface area contributed by atoms with Gasteiger partial charge in [-0.2, -0.15) is 0 Å². The van der Waals surface area contributed by atoms with Crippen molar-refractivity contribution in [1.29, 1.82) is 10.8 Å². The molecule has 1 aliphatic heterocycles. The lowest BCUT2D eigenvalue weighted by Crippen LogP contribution is -2.33. The molecule has 8 heteroatoms. The summed E-state index contributed by atoms with van der Waals surface area (Å²) in [6.45, 7) is 5.75. The molecule has 0 radical (unpaired) electrons. The number of anilines is 1. The average Bonchev–Trinajstić information content (AvgIpc) is 3.40. The predicted molar refractivity (Wildman–Crippen MR) is 112 cm³/mol. The molecule has 2 aromatic heterocycles. The smallest absolute Gasteiger partial charge is 0.132 e. The molecule has 2 aromatic rings. The molecule has 3 unspecified atom stereocenters. The van der Waals surface area contributed by atoms with Crippen LogP contribution in [0.3, 0.4) is 0 Å². The van der Waals surface area contributed by atoms with E-state index in [1.807, 2.05) is 38.5 Å². The van der Waals surface area contributed by atoms with Crippen LogP contribution in [0.15, 0.2) is 43.3 Å². The average molecular weight is 393 g/mol. The zero-order chi connectivity index (χ0) is 20.4. The Kier molecular flexibility index (Phi) is 5.53. The molecule has 0 saturated carbocycles. The zero-order valence-electron chi connectivity index (χ0n) is 16.8. The molecular weight excluding hydrogens is 366 g/mol. The molecule has 0 bridgehead atoms. The van der Waals surface area contributed by atoms with Crippen molar-refractivity contribution in [3.63, 3.8) is 0 Å². The molecule has 2 aliphatic rings. The maximum atomic E-state index is 8.70. The van der Waals surface area contributed by atoms with Gasteiger partial charge in [-0.05, 0) is 32.8 Å². The van der Waals surface area contributed by atoms with Gasteiger partial charge in [0.15, 0.2) is 0 Å². The fourth-order valence-corrected chi connectivity index (χ4v) is 4.01. The van der Waals surface area contributed by atoms with E-state index in [9.17, 15) is 0 Å².